The van der Waals surface area contributed by atoms with E-state index in [4.69, 9.17) is 0 Å². The molecule has 0 saturated carbocycles. The van der Waals surface area contributed by atoms with Crippen molar-refractivity contribution in [3.63, 3.8) is 0 Å². The van der Waals surface area contributed by atoms with E-state index >= 15 is 0 Å². The number of rotatable bonds is 3. The Bertz CT molecular complexity index is 289. The molecule has 3 nitrogen and oxygen atoms in total. The van der Waals surface area contributed by atoms with Crippen molar-refractivity contribution in [2.75, 3.05) is 27.2 Å². The summed E-state index contributed by atoms with van der Waals surface area (Å²) in [5.74, 6) is 2.22. The Balaban J connectivity index is 2.01. The average molecular weight is 191 g/mol. The third kappa shape index (κ3) is 2.25. The summed E-state index contributed by atoms with van der Waals surface area (Å²) in [6, 6.07) is 0.672. The van der Waals surface area contributed by atoms with E-state index < -0.39 is 0 Å². The molecule has 76 valence electrons. The number of hydrogen-bond acceptors (Lipinski definition) is 2. The molecule has 1 unspecified atom stereocenters. The Morgan fingerprint density at radius 2 is 2.50 bits per heavy atom. The summed E-state index contributed by atoms with van der Waals surface area (Å²) in [6.07, 6.45) is 3.54. The van der Waals surface area contributed by atoms with Crippen molar-refractivity contribution in [3.05, 3.63) is 17.7 Å². The fourth-order valence-electron chi connectivity index (χ4n) is 2.04. The van der Waals surface area contributed by atoms with Gasteiger partial charge in [-0.1, -0.05) is 0 Å². The molecule has 1 saturated heterocycles. The molecular weight excluding hydrogens is 173 g/mol. The van der Waals surface area contributed by atoms with Crippen molar-refractivity contribution in [2.45, 2.75) is 19.0 Å². The second kappa shape index (κ2) is 4.28. The Hall–Kier alpha value is -0.605. The van der Waals surface area contributed by atoms with E-state index in [2.05, 4.69) is 48.0 Å². The van der Waals surface area contributed by atoms with Gasteiger partial charge in [-0.25, -0.2) is 0 Å². The van der Waals surface area contributed by atoms with E-state index in [1.807, 2.05) is 0 Å². The topological polar surface area (TPSA) is 20.2 Å². The van der Waals surface area contributed by atoms with Gasteiger partial charge in [-0.2, -0.15) is 0 Å². The minimum absolute atomic E-state index is 0.672. The molecule has 1 aliphatic heterocycles. The Morgan fingerprint density at radius 3 is 3.14 bits per heavy atom. The Labute approximate surface area is 86.3 Å². The standard InChI is InChI=1S/C10H18BN3/c1-13(2)7-9-5-11-14(8-9)10-3-4-12-6-10/h5,8,10,12H,3-4,6-7H2,1-2H3. The summed E-state index contributed by atoms with van der Waals surface area (Å²) in [7, 11) is 6.42. The quantitative estimate of drug-likeness (QED) is 0.747. The zero-order chi connectivity index (χ0) is 9.97. The van der Waals surface area contributed by atoms with E-state index in [1.165, 1.54) is 12.0 Å². The summed E-state index contributed by atoms with van der Waals surface area (Å²) in [6.45, 7) is 3.31. The molecule has 0 aliphatic carbocycles. The van der Waals surface area contributed by atoms with Gasteiger partial charge in [0.25, 0.3) is 0 Å². The summed E-state index contributed by atoms with van der Waals surface area (Å²) >= 11 is 0. The maximum atomic E-state index is 3.39. The van der Waals surface area contributed by atoms with Crippen molar-refractivity contribution in [2.24, 2.45) is 0 Å². The van der Waals surface area contributed by atoms with Crippen LogP contribution in [0, 0.1) is 0 Å². The average Bonchev–Trinajstić information content (AvgIpc) is 2.69. The molecule has 1 aromatic rings. The third-order valence-electron chi connectivity index (χ3n) is 2.73. The van der Waals surface area contributed by atoms with E-state index in [9.17, 15) is 0 Å². The first-order chi connectivity index (χ1) is 6.75. The van der Waals surface area contributed by atoms with E-state index in [1.54, 1.807) is 0 Å². The SMILES string of the molecule is CN(C)Cc1cbn(C2CCNC2)c1. The molecule has 0 radical (unpaired) electrons. The molecule has 0 amide bonds. The second-order valence-electron chi connectivity index (χ2n) is 4.35. The molecule has 0 aromatic carbocycles. The van der Waals surface area contributed by atoms with Gasteiger partial charge >= 0.3 is 85.7 Å². The first-order valence-electron chi connectivity index (χ1n) is 5.27. The molecule has 0 spiro atoms. The molecule has 4 heteroatoms. The van der Waals surface area contributed by atoms with Gasteiger partial charge in [0.2, 0.25) is 0 Å². The molecule has 1 aliphatic rings. The van der Waals surface area contributed by atoms with Crippen LogP contribution in [0.1, 0.15) is 18.0 Å². The molecule has 0 bridgehead atoms. The molecular formula is C10H18BN3. The summed E-state index contributed by atoms with van der Waals surface area (Å²) in [5.41, 5.74) is 1.40. The van der Waals surface area contributed by atoms with E-state index in [0.717, 1.165) is 19.6 Å². The number of nitrogens with zero attached hydrogens (tertiary/aromatic N) is 2. The fourth-order valence-corrected chi connectivity index (χ4v) is 2.04. The predicted molar refractivity (Wildman–Crippen MR) is 59.7 cm³/mol. The van der Waals surface area contributed by atoms with Gasteiger partial charge in [-0.15, -0.1) is 0 Å². The Kier molecular flexibility index (Phi) is 3.04. The van der Waals surface area contributed by atoms with Gasteiger partial charge in [-0.05, 0) is 0 Å². The normalized spacial score (nSPS) is 21.8. The molecule has 14 heavy (non-hydrogen) atoms. The van der Waals surface area contributed by atoms with Crippen LogP contribution in [-0.2, 0) is 6.54 Å². The van der Waals surface area contributed by atoms with Gasteiger partial charge in [0.1, 0.15) is 0 Å². The summed E-state index contributed by atoms with van der Waals surface area (Å²) < 4.78 is 2.35. The molecule has 2 heterocycles. The van der Waals surface area contributed by atoms with E-state index in [0.29, 0.717) is 6.04 Å². The van der Waals surface area contributed by atoms with Crippen molar-refractivity contribution < 1.29 is 0 Å². The van der Waals surface area contributed by atoms with Crippen molar-refractivity contribution in [3.8, 4) is 0 Å². The molecule has 1 fully saturated rings. The van der Waals surface area contributed by atoms with Crippen LogP contribution in [0.2, 0.25) is 0 Å². The molecule has 1 atom stereocenters. The van der Waals surface area contributed by atoms with Gasteiger partial charge in [0.05, 0.1) is 0 Å². The summed E-state index contributed by atoms with van der Waals surface area (Å²) in [5, 5.41) is 3.39. The zero-order valence-corrected chi connectivity index (χ0v) is 9.03. The van der Waals surface area contributed by atoms with Crippen LogP contribution < -0.4 is 5.32 Å². The van der Waals surface area contributed by atoms with Gasteiger partial charge in [0, 0.05) is 0 Å². The zero-order valence-electron chi connectivity index (χ0n) is 9.03. The van der Waals surface area contributed by atoms with Crippen LogP contribution in [0.25, 0.3) is 0 Å². The maximum absolute atomic E-state index is 3.39. The first-order valence-corrected chi connectivity index (χ1v) is 5.27. The van der Waals surface area contributed by atoms with Gasteiger partial charge < -0.3 is 0 Å². The van der Waals surface area contributed by atoms with Crippen LogP contribution in [0.5, 0.6) is 0 Å². The van der Waals surface area contributed by atoms with Crippen molar-refractivity contribution in [1.82, 2.24) is 14.7 Å². The van der Waals surface area contributed by atoms with Crippen LogP contribution in [-0.4, -0.2) is 43.6 Å². The van der Waals surface area contributed by atoms with Crippen molar-refractivity contribution in [1.29, 1.82) is 0 Å². The van der Waals surface area contributed by atoms with Crippen molar-refractivity contribution >= 4 is 7.05 Å². The molecule has 1 aromatic heterocycles. The number of aromatic nitrogens is 1. The number of hydrogen-bond donors (Lipinski definition) is 1. The van der Waals surface area contributed by atoms with Crippen LogP contribution in [0.3, 0.4) is 0 Å². The monoisotopic (exact) mass is 191 g/mol. The van der Waals surface area contributed by atoms with Crippen LogP contribution in [0.15, 0.2) is 12.2 Å². The van der Waals surface area contributed by atoms with Crippen LogP contribution in [0.4, 0.5) is 0 Å². The fraction of sp³-hybridized carbons (Fsp3) is 0.700. The number of nitrogens with one attached hydrogen (secondary N) is 1. The second-order valence-corrected chi connectivity index (χ2v) is 4.35. The summed E-state index contributed by atoms with van der Waals surface area (Å²) in [4.78, 5) is 2.20. The minimum atomic E-state index is 0.672. The molecule has 2 rings (SSSR count). The van der Waals surface area contributed by atoms with Gasteiger partial charge in [-0.3, -0.25) is 0 Å². The predicted octanol–water partition coefficient (Wildman–Crippen LogP) is 0.422. The van der Waals surface area contributed by atoms with E-state index in [-0.39, 0.29) is 0 Å². The van der Waals surface area contributed by atoms with Crippen LogP contribution >= 0.6 is 0 Å². The van der Waals surface area contributed by atoms with Gasteiger partial charge in [0.15, 0.2) is 0 Å². The molecule has 1 N–H and O–H groups in total. The third-order valence-corrected chi connectivity index (χ3v) is 2.73. The first kappa shape index (κ1) is 9.93. The Morgan fingerprint density at radius 1 is 1.64 bits per heavy atom.